The average molecular weight is 498 g/mol. The van der Waals surface area contributed by atoms with E-state index in [2.05, 4.69) is 32.9 Å². The van der Waals surface area contributed by atoms with Gasteiger partial charge in [0.05, 0.1) is 0 Å². The van der Waals surface area contributed by atoms with Gasteiger partial charge < -0.3 is 14.5 Å². The highest BCUT2D eigenvalue weighted by atomic mass is 127. The first-order chi connectivity index (χ1) is 14.0. The number of aryl methyl sites for hydroxylation is 1. The van der Waals surface area contributed by atoms with Gasteiger partial charge in [-0.15, -0.1) is 0 Å². The third-order valence-corrected chi connectivity index (χ3v) is 5.33. The molecule has 6 heteroatoms. The van der Waals surface area contributed by atoms with E-state index in [0.717, 1.165) is 20.3 Å². The summed E-state index contributed by atoms with van der Waals surface area (Å²) in [6, 6.07) is 19.1. The molecule has 29 heavy (non-hydrogen) atoms. The van der Waals surface area contributed by atoms with Crippen LogP contribution in [0.15, 0.2) is 65.1 Å². The predicted octanol–water partition coefficient (Wildman–Crippen LogP) is 5.73. The summed E-state index contributed by atoms with van der Waals surface area (Å²) in [5, 5.41) is 2.85. The minimum Gasteiger partial charge on any atom is -0.483 e. The summed E-state index contributed by atoms with van der Waals surface area (Å²) in [4.78, 5) is 16.9. The summed E-state index contributed by atoms with van der Waals surface area (Å²) in [5.41, 5.74) is 5.08. The molecule has 1 amide bonds. The van der Waals surface area contributed by atoms with Crippen LogP contribution in [0.2, 0.25) is 0 Å². The molecule has 0 aliphatic heterocycles. The van der Waals surface area contributed by atoms with Crippen LogP contribution in [0.1, 0.15) is 11.1 Å². The fourth-order valence-electron chi connectivity index (χ4n) is 2.97. The first-order valence-corrected chi connectivity index (χ1v) is 10.2. The van der Waals surface area contributed by atoms with Crippen molar-refractivity contribution in [3.8, 4) is 17.2 Å². The number of oxazole rings is 1. The highest BCUT2D eigenvalue weighted by Crippen LogP contribution is 2.27. The van der Waals surface area contributed by atoms with Crippen molar-refractivity contribution in [2.24, 2.45) is 0 Å². The molecule has 1 heterocycles. The first-order valence-electron chi connectivity index (χ1n) is 9.15. The number of anilines is 1. The van der Waals surface area contributed by atoms with Crippen molar-refractivity contribution in [1.29, 1.82) is 0 Å². The predicted molar refractivity (Wildman–Crippen MR) is 122 cm³/mol. The second kappa shape index (κ2) is 8.24. The van der Waals surface area contributed by atoms with Crippen molar-refractivity contribution in [2.75, 3.05) is 11.9 Å². The molecule has 0 fully saturated rings. The number of aromatic nitrogens is 1. The Balaban J connectivity index is 1.46. The molecule has 146 valence electrons. The van der Waals surface area contributed by atoms with E-state index < -0.39 is 0 Å². The zero-order chi connectivity index (χ0) is 20.4. The van der Waals surface area contributed by atoms with E-state index in [9.17, 15) is 4.79 Å². The summed E-state index contributed by atoms with van der Waals surface area (Å²) in [6.07, 6.45) is 0. The van der Waals surface area contributed by atoms with Gasteiger partial charge in [-0.25, -0.2) is 4.98 Å². The van der Waals surface area contributed by atoms with Crippen molar-refractivity contribution in [1.82, 2.24) is 4.98 Å². The molecule has 0 saturated carbocycles. The molecule has 4 rings (SSSR count). The number of carbonyl (C=O) groups excluding carboxylic acids is 1. The zero-order valence-electron chi connectivity index (χ0n) is 16.0. The molecule has 0 atom stereocenters. The normalized spacial score (nSPS) is 10.9. The van der Waals surface area contributed by atoms with Gasteiger partial charge in [0.2, 0.25) is 5.89 Å². The summed E-state index contributed by atoms with van der Waals surface area (Å²) in [6.45, 7) is 3.93. The van der Waals surface area contributed by atoms with Crippen LogP contribution in [0, 0.1) is 17.4 Å². The van der Waals surface area contributed by atoms with Gasteiger partial charge in [-0.2, -0.15) is 0 Å². The molecule has 0 spiro atoms. The number of benzene rings is 3. The molecule has 3 aromatic carbocycles. The van der Waals surface area contributed by atoms with Gasteiger partial charge in [-0.1, -0.05) is 18.2 Å². The fraction of sp³-hybridized carbons (Fsp3) is 0.130. The summed E-state index contributed by atoms with van der Waals surface area (Å²) >= 11 is 2.26. The van der Waals surface area contributed by atoms with Crippen LogP contribution in [0.5, 0.6) is 5.75 Å². The minimum atomic E-state index is -0.230. The second-order valence-corrected chi connectivity index (χ2v) is 7.99. The van der Waals surface area contributed by atoms with E-state index in [4.69, 9.17) is 9.15 Å². The molecule has 0 bridgehead atoms. The van der Waals surface area contributed by atoms with E-state index in [1.165, 1.54) is 0 Å². The lowest BCUT2D eigenvalue weighted by Crippen LogP contribution is -2.20. The molecule has 0 aliphatic rings. The number of carbonyl (C=O) groups is 1. The van der Waals surface area contributed by atoms with Gasteiger partial charge in [-0.05, 0) is 90.0 Å². The average Bonchev–Trinajstić information content (AvgIpc) is 3.12. The monoisotopic (exact) mass is 498 g/mol. The highest BCUT2D eigenvalue weighted by molar-refractivity contribution is 14.1. The van der Waals surface area contributed by atoms with Gasteiger partial charge in [0.1, 0.15) is 11.3 Å². The van der Waals surface area contributed by atoms with E-state index >= 15 is 0 Å². The molecule has 4 aromatic rings. The van der Waals surface area contributed by atoms with Gasteiger partial charge in [0, 0.05) is 14.8 Å². The van der Waals surface area contributed by atoms with Crippen LogP contribution in [0.4, 0.5) is 5.69 Å². The van der Waals surface area contributed by atoms with Crippen LogP contribution in [-0.2, 0) is 4.79 Å². The summed E-state index contributed by atoms with van der Waals surface area (Å²) in [5.74, 6) is 1.04. The number of hydrogen-bond donors (Lipinski definition) is 1. The molecular weight excluding hydrogens is 479 g/mol. The van der Waals surface area contributed by atoms with Gasteiger partial charge in [0.15, 0.2) is 12.2 Å². The van der Waals surface area contributed by atoms with E-state index in [1.54, 1.807) is 18.2 Å². The van der Waals surface area contributed by atoms with Crippen molar-refractivity contribution in [3.63, 3.8) is 0 Å². The molecule has 0 saturated heterocycles. The SMILES string of the molecule is Cc1cccc(OCC(=O)Nc2ccc3oc(-c4cccc(I)c4)nc3c2)c1C. The lowest BCUT2D eigenvalue weighted by atomic mass is 10.1. The van der Waals surface area contributed by atoms with Crippen LogP contribution in [0.25, 0.3) is 22.6 Å². The van der Waals surface area contributed by atoms with Crippen LogP contribution in [0.3, 0.4) is 0 Å². The Morgan fingerprint density at radius 3 is 2.76 bits per heavy atom. The number of halogens is 1. The summed E-state index contributed by atoms with van der Waals surface area (Å²) in [7, 11) is 0. The van der Waals surface area contributed by atoms with Gasteiger partial charge in [0.25, 0.3) is 5.91 Å². The molecular formula is C23H19IN2O3. The third kappa shape index (κ3) is 4.42. The standard InChI is InChI=1S/C23H19IN2O3/c1-14-5-3-8-20(15(14)2)28-13-22(27)25-18-9-10-21-19(12-18)26-23(29-21)16-6-4-7-17(24)11-16/h3-12H,13H2,1-2H3,(H,25,27). The Hall–Kier alpha value is -2.87. The lowest BCUT2D eigenvalue weighted by molar-refractivity contribution is -0.118. The van der Waals surface area contributed by atoms with Crippen LogP contribution < -0.4 is 10.1 Å². The largest absolute Gasteiger partial charge is 0.483 e. The lowest BCUT2D eigenvalue weighted by Gasteiger charge is -2.11. The Morgan fingerprint density at radius 2 is 1.93 bits per heavy atom. The quantitative estimate of drug-likeness (QED) is 0.357. The molecule has 1 N–H and O–H groups in total. The highest BCUT2D eigenvalue weighted by Gasteiger charge is 2.11. The van der Waals surface area contributed by atoms with Crippen molar-refractivity contribution < 1.29 is 13.9 Å². The van der Waals surface area contributed by atoms with E-state index in [1.807, 2.05) is 56.3 Å². The fourth-order valence-corrected chi connectivity index (χ4v) is 3.51. The molecule has 0 unspecified atom stereocenters. The summed E-state index contributed by atoms with van der Waals surface area (Å²) < 4.78 is 12.6. The van der Waals surface area contributed by atoms with Gasteiger partial charge in [-0.3, -0.25) is 4.79 Å². The van der Waals surface area contributed by atoms with Crippen molar-refractivity contribution in [2.45, 2.75) is 13.8 Å². The topological polar surface area (TPSA) is 64.4 Å². The number of fused-ring (bicyclic) bond motifs is 1. The van der Waals surface area contributed by atoms with Crippen LogP contribution >= 0.6 is 22.6 Å². The number of nitrogens with one attached hydrogen (secondary N) is 1. The molecule has 0 radical (unpaired) electrons. The Morgan fingerprint density at radius 1 is 1.10 bits per heavy atom. The van der Waals surface area contributed by atoms with Crippen molar-refractivity contribution in [3.05, 3.63) is 75.4 Å². The molecule has 0 aliphatic carbocycles. The van der Waals surface area contributed by atoms with Crippen LogP contribution in [-0.4, -0.2) is 17.5 Å². The molecule has 5 nitrogen and oxygen atoms in total. The minimum absolute atomic E-state index is 0.0607. The Kier molecular flexibility index (Phi) is 5.53. The molecule has 1 aromatic heterocycles. The van der Waals surface area contributed by atoms with Crippen molar-refractivity contribution >= 4 is 45.3 Å². The maximum Gasteiger partial charge on any atom is 0.262 e. The maximum absolute atomic E-state index is 12.3. The number of hydrogen-bond acceptors (Lipinski definition) is 4. The van der Waals surface area contributed by atoms with E-state index in [-0.39, 0.29) is 12.5 Å². The number of ether oxygens (including phenoxy) is 1. The van der Waals surface area contributed by atoms with E-state index in [0.29, 0.717) is 28.4 Å². The third-order valence-electron chi connectivity index (χ3n) is 4.66. The Labute approximate surface area is 182 Å². The van der Waals surface area contributed by atoms with Gasteiger partial charge >= 0.3 is 0 Å². The zero-order valence-corrected chi connectivity index (χ0v) is 18.2. The Bertz CT molecular complexity index is 1200. The number of amides is 1. The number of rotatable bonds is 5. The smallest absolute Gasteiger partial charge is 0.262 e. The second-order valence-electron chi connectivity index (χ2n) is 6.75. The number of nitrogens with zero attached hydrogens (tertiary/aromatic N) is 1. The maximum atomic E-state index is 12.3. The first kappa shape index (κ1) is 19.4.